The number of hydrogen-bond donors (Lipinski definition) is 1. The van der Waals surface area contributed by atoms with Gasteiger partial charge in [0.15, 0.2) is 6.10 Å². The number of halogens is 3. The number of carbonyl (C=O) groups is 1. The lowest BCUT2D eigenvalue weighted by atomic mass is 9.98. The highest BCUT2D eigenvalue weighted by Gasteiger charge is 2.52. The number of ether oxygens (including phenoxy) is 1. The maximum atomic E-state index is 13.0. The largest absolute Gasteiger partial charge is 0.480 e. The fourth-order valence-electron chi connectivity index (χ4n) is 4.99. The fraction of sp³-hybridized carbons (Fsp3) is 0.444. The van der Waals surface area contributed by atoms with Crippen LogP contribution in [0.1, 0.15) is 55.0 Å². The number of pyridine rings is 1. The van der Waals surface area contributed by atoms with Crippen LogP contribution in [0.2, 0.25) is 0 Å². The second kappa shape index (κ2) is 8.81. The van der Waals surface area contributed by atoms with Crippen molar-refractivity contribution in [3.05, 3.63) is 70.6 Å². The van der Waals surface area contributed by atoms with Crippen molar-refractivity contribution in [3.63, 3.8) is 0 Å². The summed E-state index contributed by atoms with van der Waals surface area (Å²) in [5, 5.41) is 3.27. The normalized spacial score (nSPS) is 25.3. The zero-order valence-electron chi connectivity index (χ0n) is 19.8. The topological polar surface area (TPSA) is 63.6 Å². The van der Waals surface area contributed by atoms with Gasteiger partial charge in [-0.1, -0.05) is 24.6 Å². The van der Waals surface area contributed by atoms with Crippen molar-refractivity contribution in [1.82, 2.24) is 10.3 Å². The first kappa shape index (κ1) is 23.6. The van der Waals surface area contributed by atoms with E-state index in [9.17, 15) is 18.0 Å². The smallest absolute Gasteiger partial charge is 0.433 e. The van der Waals surface area contributed by atoms with Gasteiger partial charge in [-0.3, -0.25) is 14.8 Å². The highest BCUT2D eigenvalue weighted by atomic mass is 19.4. The number of fused-ring (bicyclic) bond motifs is 1. The molecule has 5 nitrogen and oxygen atoms in total. The van der Waals surface area contributed by atoms with E-state index in [4.69, 9.17) is 4.74 Å². The summed E-state index contributed by atoms with van der Waals surface area (Å²) in [6.45, 7) is 4.70. The number of carbonyl (C=O) groups excluding carboxylic acids is 1. The van der Waals surface area contributed by atoms with Gasteiger partial charge in [-0.2, -0.15) is 13.2 Å². The summed E-state index contributed by atoms with van der Waals surface area (Å²) < 4.78 is 44.3. The quantitative estimate of drug-likeness (QED) is 0.614. The van der Waals surface area contributed by atoms with E-state index >= 15 is 0 Å². The number of hydrogen-bond acceptors (Lipinski definition) is 4. The Morgan fingerprint density at radius 3 is 2.74 bits per heavy atom. The number of aliphatic imine (C=N–C) groups is 1. The highest BCUT2D eigenvalue weighted by molar-refractivity contribution is 6.10. The number of rotatable bonds is 6. The lowest BCUT2D eigenvalue weighted by Crippen LogP contribution is -2.47. The maximum absolute atomic E-state index is 13.0. The lowest BCUT2D eigenvalue weighted by molar-refractivity contribution is -0.141. The average Bonchev–Trinajstić information content (AvgIpc) is 3.22. The predicted molar refractivity (Wildman–Crippen MR) is 127 cm³/mol. The predicted octanol–water partition coefficient (Wildman–Crippen LogP) is 5.21. The number of aryl methyl sites for hydroxylation is 2. The molecule has 3 unspecified atom stereocenters. The molecule has 5 rings (SSSR count). The molecular weight excluding hydrogens is 455 g/mol. The lowest BCUT2D eigenvalue weighted by Gasteiger charge is -2.28. The van der Waals surface area contributed by atoms with Gasteiger partial charge in [0, 0.05) is 17.3 Å². The minimum Gasteiger partial charge on any atom is -0.480 e. The maximum Gasteiger partial charge on any atom is 0.433 e. The summed E-state index contributed by atoms with van der Waals surface area (Å²) in [4.78, 5) is 21.0. The van der Waals surface area contributed by atoms with E-state index < -0.39 is 18.0 Å². The van der Waals surface area contributed by atoms with E-state index in [1.54, 1.807) is 0 Å². The van der Waals surface area contributed by atoms with Crippen molar-refractivity contribution >= 4 is 11.6 Å². The van der Waals surface area contributed by atoms with Crippen molar-refractivity contribution in [2.45, 2.75) is 63.8 Å². The summed E-state index contributed by atoms with van der Waals surface area (Å²) in [5.74, 6) is 1.11. The molecule has 3 aliphatic rings. The molecule has 2 aromatic rings. The molecule has 0 radical (unpaired) electrons. The molecule has 3 heterocycles. The van der Waals surface area contributed by atoms with Crippen LogP contribution < -0.4 is 10.1 Å². The zero-order chi connectivity index (χ0) is 24.8. The number of aromatic nitrogens is 1. The third-order valence-electron chi connectivity index (χ3n) is 7.31. The van der Waals surface area contributed by atoms with Crippen LogP contribution in [0.5, 0.6) is 5.75 Å². The van der Waals surface area contributed by atoms with E-state index in [1.807, 2.05) is 25.1 Å². The molecule has 0 bridgehead atoms. The Morgan fingerprint density at radius 1 is 1.26 bits per heavy atom. The molecule has 1 N–H and O–H groups in total. The number of allylic oxidation sites excluding steroid dienone is 1. The van der Waals surface area contributed by atoms with Gasteiger partial charge in [-0.15, -0.1) is 0 Å². The van der Waals surface area contributed by atoms with Crippen molar-refractivity contribution in [1.29, 1.82) is 0 Å². The molecule has 1 fully saturated rings. The average molecular weight is 484 g/mol. The van der Waals surface area contributed by atoms with Gasteiger partial charge in [-0.05, 0) is 80.4 Å². The van der Waals surface area contributed by atoms with E-state index in [-0.39, 0.29) is 11.4 Å². The number of alkyl halides is 3. The minimum absolute atomic E-state index is 0.0613. The number of amides is 1. The molecule has 0 saturated heterocycles. The van der Waals surface area contributed by atoms with E-state index in [1.165, 1.54) is 17.8 Å². The van der Waals surface area contributed by atoms with Crippen LogP contribution in [0.25, 0.3) is 0 Å². The summed E-state index contributed by atoms with van der Waals surface area (Å²) >= 11 is 0. The summed E-state index contributed by atoms with van der Waals surface area (Å²) in [7, 11) is 0. The molecule has 184 valence electrons. The van der Waals surface area contributed by atoms with Crippen molar-refractivity contribution in [2.75, 3.05) is 6.54 Å². The molecule has 8 heteroatoms. The molecule has 1 aliphatic carbocycles. The standard InChI is InChI=1S/C27H28F3N3O2/c1-16-3-6-22-19(11-16)4-7-23(35-22)25(34)33-26(13-17(26)2)10-9-18-12-21(31-14-18)20-5-8-24(32-15-20)27(28,29)30/h3,5-6,8,11-12,15,17,23H,4,7,9-10,13-14H2,1-2H3,(H,33,34). The van der Waals surface area contributed by atoms with Crippen LogP contribution in [0.3, 0.4) is 0 Å². The second-order valence-electron chi connectivity index (χ2n) is 9.94. The molecule has 2 aliphatic heterocycles. The Balaban J connectivity index is 1.17. The second-order valence-corrected chi connectivity index (χ2v) is 9.94. The monoisotopic (exact) mass is 483 g/mol. The molecule has 1 aromatic heterocycles. The van der Waals surface area contributed by atoms with Gasteiger partial charge in [0.05, 0.1) is 12.3 Å². The van der Waals surface area contributed by atoms with Crippen molar-refractivity contribution in [2.24, 2.45) is 10.9 Å². The van der Waals surface area contributed by atoms with E-state index in [0.29, 0.717) is 30.2 Å². The van der Waals surface area contributed by atoms with E-state index in [0.717, 1.165) is 48.6 Å². The van der Waals surface area contributed by atoms with Gasteiger partial charge in [0.25, 0.3) is 5.91 Å². The highest BCUT2D eigenvalue weighted by Crippen LogP contribution is 2.47. The van der Waals surface area contributed by atoms with Gasteiger partial charge in [0.2, 0.25) is 0 Å². The molecular formula is C27H28F3N3O2. The van der Waals surface area contributed by atoms with Gasteiger partial charge >= 0.3 is 6.18 Å². The van der Waals surface area contributed by atoms with Crippen LogP contribution in [0, 0.1) is 12.8 Å². The first-order valence-electron chi connectivity index (χ1n) is 12.0. The van der Waals surface area contributed by atoms with Gasteiger partial charge in [-0.25, -0.2) is 0 Å². The van der Waals surface area contributed by atoms with Crippen LogP contribution >= 0.6 is 0 Å². The molecule has 35 heavy (non-hydrogen) atoms. The summed E-state index contributed by atoms with van der Waals surface area (Å²) in [5.41, 5.74) is 3.50. The van der Waals surface area contributed by atoms with Crippen molar-refractivity contribution in [3.8, 4) is 5.75 Å². The summed E-state index contributed by atoms with van der Waals surface area (Å²) in [6.07, 6.45) is 2.17. The Morgan fingerprint density at radius 2 is 2.06 bits per heavy atom. The Labute approximate surface area is 202 Å². The van der Waals surface area contributed by atoms with Crippen LogP contribution in [0.15, 0.2) is 53.2 Å². The fourth-order valence-corrected chi connectivity index (χ4v) is 4.99. The number of nitrogens with zero attached hydrogens (tertiary/aromatic N) is 2. The third-order valence-corrected chi connectivity index (χ3v) is 7.31. The van der Waals surface area contributed by atoms with Crippen molar-refractivity contribution < 1.29 is 22.7 Å². The third kappa shape index (κ3) is 4.97. The van der Waals surface area contributed by atoms with Gasteiger partial charge < -0.3 is 10.1 Å². The number of benzene rings is 1. The molecule has 0 spiro atoms. The number of nitrogens with one attached hydrogen (secondary N) is 1. The first-order chi connectivity index (χ1) is 16.6. The Kier molecular flexibility index (Phi) is 5.93. The minimum atomic E-state index is -4.46. The molecule has 1 saturated carbocycles. The first-order valence-corrected chi connectivity index (χ1v) is 12.0. The van der Waals surface area contributed by atoms with Gasteiger partial charge in [0.1, 0.15) is 11.4 Å². The molecule has 1 aromatic carbocycles. The van der Waals surface area contributed by atoms with Crippen LogP contribution in [-0.2, 0) is 17.4 Å². The van der Waals surface area contributed by atoms with E-state index in [2.05, 4.69) is 28.3 Å². The Hall–Kier alpha value is -3.16. The SMILES string of the molecule is Cc1ccc2c(c1)CCC(C(=O)NC1(CCC3=CC(c4ccc(C(F)(F)F)nc4)=NC3)CC1C)O2. The summed E-state index contributed by atoms with van der Waals surface area (Å²) in [6, 6.07) is 8.43. The Bertz CT molecular complexity index is 1200. The molecule has 1 amide bonds. The van der Waals surface area contributed by atoms with Crippen LogP contribution in [-0.4, -0.2) is 34.8 Å². The zero-order valence-corrected chi connectivity index (χ0v) is 19.8. The molecule has 3 atom stereocenters. The van der Waals surface area contributed by atoms with Crippen LogP contribution in [0.4, 0.5) is 13.2 Å².